The summed E-state index contributed by atoms with van der Waals surface area (Å²) in [4.78, 5) is 19.0. The third kappa shape index (κ3) is 4.80. The molecule has 3 aromatic rings. The number of rotatable bonds is 5. The summed E-state index contributed by atoms with van der Waals surface area (Å²) in [6.07, 6.45) is 2.04. The lowest BCUT2D eigenvalue weighted by molar-refractivity contribution is -0.0702. The lowest BCUT2D eigenvalue weighted by atomic mass is 9.94. The molecule has 1 unspecified atom stereocenters. The summed E-state index contributed by atoms with van der Waals surface area (Å²) in [7, 11) is 0. The van der Waals surface area contributed by atoms with E-state index in [2.05, 4.69) is 20.1 Å². The van der Waals surface area contributed by atoms with E-state index in [9.17, 15) is 13.6 Å². The van der Waals surface area contributed by atoms with Crippen molar-refractivity contribution in [3.8, 4) is 17.0 Å². The molecule has 37 heavy (non-hydrogen) atoms. The van der Waals surface area contributed by atoms with Crippen LogP contribution in [0, 0.1) is 0 Å². The number of hydrogen-bond donors (Lipinski definition) is 2. The number of alkyl halides is 2. The van der Waals surface area contributed by atoms with Crippen molar-refractivity contribution < 1.29 is 23.0 Å². The predicted molar refractivity (Wildman–Crippen MR) is 133 cm³/mol. The molecule has 1 saturated heterocycles. The first-order chi connectivity index (χ1) is 17.6. The normalized spacial score (nSPS) is 19.4. The zero-order chi connectivity index (χ0) is 26.4. The number of urea groups is 1. The van der Waals surface area contributed by atoms with E-state index in [0.717, 1.165) is 11.3 Å². The monoisotopic (exact) mass is 532 g/mol. The van der Waals surface area contributed by atoms with Crippen molar-refractivity contribution in [2.45, 2.75) is 44.6 Å². The second-order valence-corrected chi connectivity index (χ2v) is 10.1. The van der Waals surface area contributed by atoms with Gasteiger partial charge in [-0.25, -0.2) is 9.78 Å². The Bertz CT molecular complexity index is 1330. The number of carbonyl (C=O) groups is 1. The van der Waals surface area contributed by atoms with Gasteiger partial charge in [0.25, 0.3) is 0 Å². The fraction of sp³-hybridized carbons (Fsp3) is 0.400. The van der Waals surface area contributed by atoms with Gasteiger partial charge < -0.3 is 25.4 Å². The van der Waals surface area contributed by atoms with E-state index < -0.39 is 17.8 Å². The maximum Gasteiger partial charge on any atom is 0.387 e. The third-order valence-electron chi connectivity index (χ3n) is 6.81. The number of aromatic nitrogens is 3. The van der Waals surface area contributed by atoms with Crippen LogP contribution in [0.15, 0.2) is 42.6 Å². The van der Waals surface area contributed by atoms with Crippen LogP contribution in [0.1, 0.15) is 31.5 Å². The van der Waals surface area contributed by atoms with E-state index in [-0.39, 0.29) is 17.6 Å². The molecule has 4 heterocycles. The highest BCUT2D eigenvalue weighted by atomic mass is 35.5. The molecule has 5 rings (SSSR count). The van der Waals surface area contributed by atoms with Crippen molar-refractivity contribution >= 4 is 23.4 Å². The molecule has 1 fully saturated rings. The van der Waals surface area contributed by atoms with E-state index >= 15 is 0 Å². The van der Waals surface area contributed by atoms with Crippen molar-refractivity contribution in [3.05, 3.63) is 58.9 Å². The van der Waals surface area contributed by atoms with Crippen LogP contribution in [0.2, 0.25) is 5.02 Å². The summed E-state index contributed by atoms with van der Waals surface area (Å²) in [5, 5.41) is 8.32. The van der Waals surface area contributed by atoms with Crippen molar-refractivity contribution in [3.63, 3.8) is 0 Å². The number of amides is 2. The van der Waals surface area contributed by atoms with Gasteiger partial charge in [-0.05, 0) is 37.6 Å². The Morgan fingerprint density at radius 3 is 2.84 bits per heavy atom. The molecule has 3 N–H and O–H groups in total. The summed E-state index contributed by atoms with van der Waals surface area (Å²) < 4.78 is 38.1. The highest BCUT2D eigenvalue weighted by molar-refractivity contribution is 6.31. The number of hydrogen-bond acceptors (Lipinski definition) is 6. The Labute approximate surface area is 217 Å². The van der Waals surface area contributed by atoms with Crippen LogP contribution in [0.3, 0.4) is 0 Å². The average molecular weight is 533 g/mol. The van der Waals surface area contributed by atoms with Crippen LogP contribution in [0.4, 0.5) is 19.4 Å². The van der Waals surface area contributed by atoms with Gasteiger partial charge in [-0.15, -0.1) is 0 Å². The van der Waals surface area contributed by atoms with Gasteiger partial charge >= 0.3 is 12.6 Å². The molecule has 12 heteroatoms. The Balaban J connectivity index is 1.37. The standard InChI is InChI=1S/C25H27ClF2N6O3/c1-24(2,16-5-3-4-6-17(16)26)31-23(35)33-8-7-25(14-33)20-12-18(32-34(20)9-10-36-25)15-11-19(37-22(27)28)21(29)30-13-15/h3-6,11-13,22H,7-10,14H2,1-2H3,(H2,29,30)(H,31,35). The lowest BCUT2D eigenvalue weighted by Gasteiger charge is -2.35. The maximum atomic E-state index is 13.3. The fourth-order valence-electron chi connectivity index (χ4n) is 4.95. The fourth-order valence-corrected chi connectivity index (χ4v) is 5.32. The number of nitrogens with zero attached hydrogens (tertiary/aromatic N) is 4. The van der Waals surface area contributed by atoms with Gasteiger partial charge in [-0.2, -0.15) is 13.9 Å². The van der Waals surface area contributed by atoms with Crippen LogP contribution in [0.25, 0.3) is 11.3 Å². The lowest BCUT2D eigenvalue weighted by Crippen LogP contribution is -2.49. The molecule has 0 radical (unpaired) electrons. The molecule has 1 atom stereocenters. The van der Waals surface area contributed by atoms with Crippen molar-refractivity contribution in [2.75, 3.05) is 25.4 Å². The summed E-state index contributed by atoms with van der Waals surface area (Å²) in [6, 6.07) is 10.4. The van der Waals surface area contributed by atoms with Gasteiger partial charge in [-0.3, -0.25) is 4.68 Å². The molecule has 0 bridgehead atoms. The van der Waals surface area contributed by atoms with Crippen LogP contribution in [-0.2, 0) is 22.4 Å². The minimum absolute atomic E-state index is 0.134. The molecular formula is C25H27ClF2N6O3. The number of carbonyl (C=O) groups excluding carboxylic acids is 1. The zero-order valence-electron chi connectivity index (χ0n) is 20.4. The summed E-state index contributed by atoms with van der Waals surface area (Å²) in [6.45, 7) is 2.56. The minimum Gasteiger partial charge on any atom is -0.431 e. The molecule has 2 aliphatic heterocycles. The first kappa shape index (κ1) is 25.2. The molecule has 2 aromatic heterocycles. The van der Waals surface area contributed by atoms with E-state index in [1.807, 2.05) is 42.8 Å². The Hall–Kier alpha value is -3.44. The molecule has 9 nitrogen and oxygen atoms in total. The molecule has 1 aromatic carbocycles. The number of likely N-dealkylation sites (tertiary alicyclic amines) is 1. The highest BCUT2D eigenvalue weighted by Crippen LogP contribution is 2.40. The van der Waals surface area contributed by atoms with E-state index in [1.54, 1.807) is 11.0 Å². The largest absolute Gasteiger partial charge is 0.431 e. The summed E-state index contributed by atoms with van der Waals surface area (Å²) >= 11 is 6.37. The van der Waals surface area contributed by atoms with Crippen LogP contribution >= 0.6 is 11.6 Å². The molecule has 196 valence electrons. The van der Waals surface area contributed by atoms with Crippen LogP contribution < -0.4 is 15.8 Å². The number of ether oxygens (including phenoxy) is 2. The first-order valence-electron chi connectivity index (χ1n) is 11.8. The van der Waals surface area contributed by atoms with E-state index in [1.165, 1.54) is 12.3 Å². The molecule has 0 saturated carbocycles. The number of benzene rings is 1. The molecule has 0 aliphatic carbocycles. The van der Waals surface area contributed by atoms with Gasteiger partial charge in [0.1, 0.15) is 5.60 Å². The summed E-state index contributed by atoms with van der Waals surface area (Å²) in [5.41, 5.74) is 6.89. The number of nitrogen functional groups attached to an aromatic ring is 1. The quantitative estimate of drug-likeness (QED) is 0.505. The van der Waals surface area contributed by atoms with Crippen LogP contribution in [-0.4, -0.2) is 52.0 Å². The van der Waals surface area contributed by atoms with Gasteiger partial charge in [0, 0.05) is 29.7 Å². The summed E-state index contributed by atoms with van der Waals surface area (Å²) in [5.74, 6) is -0.348. The minimum atomic E-state index is -3.02. The second kappa shape index (κ2) is 9.46. The van der Waals surface area contributed by atoms with Gasteiger partial charge in [0.15, 0.2) is 11.6 Å². The number of halogens is 3. The molecule has 1 spiro atoms. The molecular weight excluding hydrogens is 506 g/mol. The highest BCUT2D eigenvalue weighted by Gasteiger charge is 2.47. The van der Waals surface area contributed by atoms with Gasteiger partial charge in [0.2, 0.25) is 0 Å². The average Bonchev–Trinajstić information content (AvgIpc) is 3.47. The van der Waals surface area contributed by atoms with Crippen molar-refractivity contribution in [1.82, 2.24) is 25.0 Å². The number of pyridine rings is 1. The number of fused-ring (bicyclic) bond motifs is 2. The first-order valence-corrected chi connectivity index (χ1v) is 12.2. The number of anilines is 1. The number of nitrogens with two attached hydrogens (primary N) is 1. The van der Waals surface area contributed by atoms with Gasteiger partial charge in [0.05, 0.1) is 36.6 Å². The van der Waals surface area contributed by atoms with Crippen molar-refractivity contribution in [1.29, 1.82) is 0 Å². The van der Waals surface area contributed by atoms with Crippen molar-refractivity contribution in [2.24, 2.45) is 0 Å². The SMILES string of the molecule is CC(C)(NC(=O)N1CCC2(C1)OCCn1nc(-c3cnc(N)c(OC(F)F)c3)cc12)c1ccccc1Cl. The predicted octanol–water partition coefficient (Wildman–Crippen LogP) is 4.36. The number of nitrogens with one attached hydrogen (secondary N) is 1. The van der Waals surface area contributed by atoms with Crippen LogP contribution in [0.5, 0.6) is 5.75 Å². The second-order valence-electron chi connectivity index (χ2n) is 9.67. The Morgan fingerprint density at radius 1 is 1.30 bits per heavy atom. The maximum absolute atomic E-state index is 13.3. The smallest absolute Gasteiger partial charge is 0.387 e. The molecule has 2 amide bonds. The Kier molecular flexibility index (Phi) is 6.45. The molecule has 2 aliphatic rings. The Morgan fingerprint density at radius 2 is 2.08 bits per heavy atom. The van der Waals surface area contributed by atoms with E-state index in [0.29, 0.717) is 48.9 Å². The zero-order valence-corrected chi connectivity index (χ0v) is 21.1. The topological polar surface area (TPSA) is 108 Å². The third-order valence-corrected chi connectivity index (χ3v) is 7.14. The van der Waals surface area contributed by atoms with E-state index in [4.69, 9.17) is 22.1 Å². The van der Waals surface area contributed by atoms with Gasteiger partial charge in [-0.1, -0.05) is 29.8 Å².